The molecule has 0 amide bonds. The van der Waals surface area contributed by atoms with E-state index in [0.29, 0.717) is 47.3 Å². The van der Waals surface area contributed by atoms with Crippen LogP contribution in [0.15, 0.2) is 146 Å². The first-order chi connectivity index (χ1) is 47.8. The number of nitrogens with zero attached hydrogens (tertiary/aromatic N) is 6. The van der Waals surface area contributed by atoms with Crippen molar-refractivity contribution in [2.45, 2.75) is 275 Å². The van der Waals surface area contributed by atoms with Crippen molar-refractivity contribution in [1.29, 1.82) is 0 Å². The van der Waals surface area contributed by atoms with Crippen LogP contribution in [0.2, 0.25) is 0 Å². The van der Waals surface area contributed by atoms with Gasteiger partial charge in [0.1, 0.15) is 12.1 Å². The zero-order valence-electron chi connectivity index (χ0n) is 68.1. The second-order valence-electron chi connectivity index (χ2n) is 36.2. The van der Waals surface area contributed by atoms with Crippen molar-refractivity contribution in [1.82, 2.24) is 14.5 Å². The summed E-state index contributed by atoms with van der Waals surface area (Å²) in [7, 11) is 0. The molecule has 1 aliphatic heterocycles. The van der Waals surface area contributed by atoms with E-state index < -0.39 is 0 Å². The number of aromatic nitrogens is 4. The van der Waals surface area contributed by atoms with E-state index in [1.807, 2.05) is 0 Å². The van der Waals surface area contributed by atoms with Gasteiger partial charge in [0.05, 0.1) is 22.1 Å². The molecule has 0 bridgehead atoms. The molecule has 104 heavy (non-hydrogen) atoms. The first-order valence-corrected chi connectivity index (χ1v) is 38.4. The smallest absolute Gasteiger partial charge is 0.269 e. The summed E-state index contributed by atoms with van der Waals surface area (Å²) in [5.74, 6) is 2.72. The van der Waals surface area contributed by atoms with Gasteiger partial charge in [0, 0.05) is 56.1 Å². The quantitative estimate of drug-likeness (QED) is 0.0695. The van der Waals surface area contributed by atoms with Gasteiger partial charge in [-0.3, -0.25) is 9.13 Å². The molecule has 8 heteroatoms. The molecule has 0 spiro atoms. The molecule has 0 fully saturated rings. The Bertz CT molecular complexity index is 4700. The molecule has 558 valence electrons. The van der Waals surface area contributed by atoms with Gasteiger partial charge >= 0.3 is 0 Å². The van der Waals surface area contributed by atoms with Crippen molar-refractivity contribution in [2.24, 2.45) is 0 Å². The molecule has 0 saturated carbocycles. The summed E-state index contributed by atoms with van der Waals surface area (Å²) in [6, 6.07) is 54.4. The van der Waals surface area contributed by atoms with Gasteiger partial charge in [-0.25, -0.2) is 0 Å². The summed E-state index contributed by atoms with van der Waals surface area (Å²) in [4.78, 5) is 12.1. The number of rotatable bonds is 12. The summed E-state index contributed by atoms with van der Waals surface area (Å²) in [5, 5.41) is 7.52. The molecular weight excluding hydrogens is 1630 g/mol. The minimum Gasteiger partial charge on any atom is -0.657 e. The van der Waals surface area contributed by atoms with Crippen LogP contribution in [-0.2, 0) is 66.4 Å². The third kappa shape index (κ3) is 16.1. The first-order valence-electron chi connectivity index (χ1n) is 38.4. The van der Waals surface area contributed by atoms with Crippen LogP contribution < -0.4 is 30.1 Å². The maximum atomic E-state index is 4.76. The molecule has 11 aromatic rings. The molecule has 2 unspecified atom stereocenters. The van der Waals surface area contributed by atoms with Gasteiger partial charge in [-0.2, -0.15) is 0 Å². The molecule has 2 radical (unpaired) electrons. The van der Waals surface area contributed by atoms with Crippen LogP contribution in [0.4, 0.5) is 11.4 Å². The molecular formula is C96H120Au2N6-2. The van der Waals surface area contributed by atoms with Crippen molar-refractivity contribution in [2.75, 3.05) is 4.90 Å². The minimum absolute atomic E-state index is 0. The predicted octanol–water partition coefficient (Wildman–Crippen LogP) is 23.7. The van der Waals surface area contributed by atoms with Gasteiger partial charge in [-0.05, 0) is 147 Å². The van der Waals surface area contributed by atoms with Gasteiger partial charge in [-0.1, -0.05) is 362 Å². The monoisotopic (exact) mass is 1750 g/mol. The first kappa shape index (κ1) is 81.3. The van der Waals surface area contributed by atoms with E-state index in [4.69, 9.17) is 9.97 Å². The van der Waals surface area contributed by atoms with E-state index >= 15 is 0 Å². The molecule has 6 nitrogen and oxygen atoms in total. The van der Waals surface area contributed by atoms with Crippen LogP contribution in [0, 0.1) is 6.33 Å². The standard InChI is InChI=1S/C56H72N4.2C20H24N.2Au/c1-33(2)41-21-17-22-42(34(3)4)53(41)57-31-58(54-43(35(5)6)23-18-24-44(54)36(7)8)50-30-52-51(29-49(50)57)59(55-45(37(9)10)25-19-26-46(55)38(11)12)32-60(52)56-47(39(13)14)27-20-28-48(56)40(15)16;2*1-19(2,3)13-7-9-17-15(11-13)16-12-14(20(4,5)6)8-10-18(16)21-17;;/h17-30,33-40,49-50H,1-16H3;2*7-12H,1-6H3;;/q;2*-1;;. The fourth-order valence-corrected chi connectivity index (χ4v) is 15.4. The van der Waals surface area contributed by atoms with Crippen LogP contribution in [-0.4, -0.2) is 27.6 Å². The van der Waals surface area contributed by atoms with Crippen LogP contribution >= 0.6 is 0 Å². The zero-order chi connectivity index (χ0) is 74.3. The summed E-state index contributed by atoms with van der Waals surface area (Å²) in [5.41, 5.74) is 26.5. The number of fused-ring (bicyclic) bond motifs is 8. The van der Waals surface area contributed by atoms with E-state index in [1.54, 1.807) is 0 Å². The Kier molecular flexibility index (Phi) is 24.4. The van der Waals surface area contributed by atoms with Gasteiger partial charge < -0.3 is 19.4 Å². The minimum atomic E-state index is -0.0238. The third-order valence-corrected chi connectivity index (χ3v) is 21.6. The van der Waals surface area contributed by atoms with Crippen molar-refractivity contribution >= 4 is 73.5 Å². The Morgan fingerprint density at radius 1 is 0.346 bits per heavy atom. The fraction of sp³-hybridized carbons (Fsp3) is 0.438. The van der Waals surface area contributed by atoms with E-state index in [-0.39, 0.29) is 78.5 Å². The van der Waals surface area contributed by atoms with Crippen LogP contribution in [0.5, 0.6) is 0 Å². The maximum Gasteiger partial charge on any atom is 0.269 e. The second-order valence-corrected chi connectivity index (χ2v) is 36.2. The Labute approximate surface area is 657 Å². The normalized spacial score (nSPS) is 14.9. The number of hydrogen-bond donors (Lipinski definition) is 0. The number of hydrogen-bond acceptors (Lipinski definition) is 1. The number of anilines is 1. The average molecular weight is 1750 g/mol. The Morgan fingerprint density at radius 3 is 0.913 bits per heavy atom. The average Bonchev–Trinajstić information content (AvgIpc) is 1.55. The summed E-state index contributed by atoms with van der Waals surface area (Å²) < 4.78 is 7.44. The zero-order valence-corrected chi connectivity index (χ0v) is 72.4. The van der Waals surface area contributed by atoms with Gasteiger partial charge in [0.2, 0.25) is 6.34 Å². The fourth-order valence-electron chi connectivity index (χ4n) is 15.4. The van der Waals surface area contributed by atoms with Crippen molar-refractivity contribution in [3.63, 3.8) is 0 Å². The maximum absolute atomic E-state index is 4.76. The summed E-state index contributed by atoms with van der Waals surface area (Å²) in [6.07, 6.45) is 13.5. The number of imidazole rings is 1. The van der Waals surface area contributed by atoms with Crippen LogP contribution in [0.1, 0.15) is 308 Å². The Balaban J connectivity index is 0.000000230. The molecule has 3 aromatic heterocycles. The topological polar surface area (TPSA) is 43.3 Å². The van der Waals surface area contributed by atoms with E-state index in [2.05, 4.69) is 383 Å². The molecule has 0 N–H and O–H groups in total. The number of para-hydroxylation sites is 4. The Hall–Kier alpha value is -6.74. The Morgan fingerprint density at radius 2 is 0.625 bits per heavy atom. The molecule has 0 saturated heterocycles. The van der Waals surface area contributed by atoms with Crippen molar-refractivity contribution < 1.29 is 53.9 Å². The second kappa shape index (κ2) is 31.2. The van der Waals surface area contributed by atoms with Gasteiger partial charge in [-0.15, -0.1) is 22.1 Å². The largest absolute Gasteiger partial charge is 0.657 e. The summed E-state index contributed by atoms with van der Waals surface area (Å²) >= 11 is 0. The van der Waals surface area contributed by atoms with E-state index in [0.717, 1.165) is 22.1 Å². The van der Waals surface area contributed by atoms with Gasteiger partial charge in [0.25, 0.3) is 6.33 Å². The third-order valence-electron chi connectivity index (χ3n) is 21.6. The van der Waals surface area contributed by atoms with Crippen LogP contribution in [0.3, 0.4) is 0 Å². The van der Waals surface area contributed by atoms with Crippen molar-refractivity contribution in [3.8, 4) is 11.4 Å². The molecule has 8 aromatic carbocycles. The van der Waals surface area contributed by atoms with Gasteiger partial charge in [0.15, 0.2) is 0 Å². The SMILES string of the molecule is CC(C)(C)c1ccc2[n-]c3ccc(C(C)(C)C)cc3c2c1.CC(C)(C)c1ccc2[n-]c3ccc(C(C)(C)C)cc3c2c1.CC(C)c1cccc(C(C)C)c1N1[C-]=[N+](c2c(C(C)C)cccc2C(C)C)C2C=c3c(n(-c4c(C(C)C)cccc4C(C)C)[c-][n+]3-c3c(C(C)C)cccc3C(C)C)=CC21.[Au].[Au]. The van der Waals surface area contributed by atoms with Crippen LogP contribution in [0.25, 0.3) is 67.1 Å². The molecule has 1 aliphatic carbocycles. The molecule has 13 rings (SSSR count). The molecule has 2 atom stereocenters. The predicted molar refractivity (Wildman–Crippen MR) is 439 cm³/mol. The molecule has 2 aliphatic rings. The number of benzene rings is 8. The van der Waals surface area contributed by atoms with E-state index in [1.165, 1.54) is 122 Å². The summed E-state index contributed by atoms with van der Waals surface area (Å²) in [6.45, 7) is 64.5. The van der Waals surface area contributed by atoms with Crippen molar-refractivity contribution in [3.05, 3.63) is 229 Å². The molecule has 4 heterocycles. The van der Waals surface area contributed by atoms with E-state index in [9.17, 15) is 0 Å².